The smallest absolute Gasteiger partial charge is 0.248 e. The predicted molar refractivity (Wildman–Crippen MR) is 110 cm³/mol. The molecule has 28 heavy (non-hydrogen) atoms. The second-order valence-electron chi connectivity index (χ2n) is 6.44. The highest BCUT2D eigenvalue weighted by molar-refractivity contribution is 5.92. The van der Waals surface area contributed by atoms with Crippen molar-refractivity contribution in [2.75, 3.05) is 13.1 Å². The van der Waals surface area contributed by atoms with Gasteiger partial charge in [-0.2, -0.15) is 0 Å². The van der Waals surface area contributed by atoms with Gasteiger partial charge < -0.3 is 21.4 Å². The van der Waals surface area contributed by atoms with Crippen LogP contribution in [0.15, 0.2) is 53.7 Å². The molecule has 7 heteroatoms. The number of nitrogens with one attached hydrogen (secondary N) is 3. The SMILES string of the molecule is CCNC(=NCc1cccc(C(N)=O)c1)NCCc1c[nH]c2ccc(F)cc12. The highest BCUT2D eigenvalue weighted by atomic mass is 19.1. The van der Waals surface area contributed by atoms with Crippen molar-refractivity contribution in [3.05, 3.63) is 71.2 Å². The number of hydrogen-bond acceptors (Lipinski definition) is 2. The summed E-state index contributed by atoms with van der Waals surface area (Å²) in [6.45, 7) is 3.80. The number of rotatable bonds is 7. The van der Waals surface area contributed by atoms with Gasteiger partial charge >= 0.3 is 0 Å². The second kappa shape index (κ2) is 9.03. The minimum absolute atomic E-state index is 0.241. The van der Waals surface area contributed by atoms with E-state index in [0.29, 0.717) is 24.6 Å². The average molecular weight is 381 g/mol. The van der Waals surface area contributed by atoms with Gasteiger partial charge in [-0.25, -0.2) is 9.38 Å². The quantitative estimate of drug-likeness (QED) is 0.374. The van der Waals surface area contributed by atoms with Crippen molar-refractivity contribution in [1.82, 2.24) is 15.6 Å². The summed E-state index contributed by atoms with van der Waals surface area (Å²) in [7, 11) is 0. The molecule has 0 radical (unpaired) electrons. The highest BCUT2D eigenvalue weighted by Gasteiger charge is 2.06. The number of hydrogen-bond donors (Lipinski definition) is 4. The third kappa shape index (κ3) is 4.88. The maximum absolute atomic E-state index is 13.5. The Balaban J connectivity index is 1.62. The molecule has 0 atom stereocenters. The molecular weight excluding hydrogens is 357 g/mol. The molecule has 0 fully saturated rings. The number of guanidine groups is 1. The Labute approximate surface area is 163 Å². The van der Waals surface area contributed by atoms with E-state index in [1.165, 1.54) is 6.07 Å². The third-order valence-corrected chi connectivity index (χ3v) is 4.39. The van der Waals surface area contributed by atoms with Gasteiger partial charge in [0.15, 0.2) is 5.96 Å². The normalized spacial score (nSPS) is 11.6. The first-order chi connectivity index (χ1) is 13.6. The molecule has 2 aromatic carbocycles. The van der Waals surface area contributed by atoms with Gasteiger partial charge in [0, 0.05) is 35.8 Å². The van der Waals surface area contributed by atoms with E-state index < -0.39 is 5.91 Å². The lowest BCUT2D eigenvalue weighted by Gasteiger charge is -2.11. The minimum atomic E-state index is -0.453. The Morgan fingerprint density at radius 1 is 1.21 bits per heavy atom. The van der Waals surface area contributed by atoms with Crippen LogP contribution >= 0.6 is 0 Å². The number of aromatic nitrogens is 1. The number of H-pyrrole nitrogens is 1. The molecular formula is C21H24FN5O. The Kier molecular flexibility index (Phi) is 6.26. The Bertz CT molecular complexity index is 995. The number of nitrogens with zero attached hydrogens (tertiary/aromatic N) is 1. The molecule has 1 amide bonds. The Morgan fingerprint density at radius 3 is 2.86 bits per heavy atom. The van der Waals surface area contributed by atoms with Crippen LogP contribution in [0.3, 0.4) is 0 Å². The van der Waals surface area contributed by atoms with Crippen molar-refractivity contribution in [3.8, 4) is 0 Å². The molecule has 0 unspecified atom stereocenters. The first kappa shape index (κ1) is 19.4. The summed E-state index contributed by atoms with van der Waals surface area (Å²) in [5.41, 5.74) is 8.67. The molecule has 5 N–H and O–H groups in total. The molecule has 3 rings (SSSR count). The van der Waals surface area contributed by atoms with Crippen LogP contribution in [-0.2, 0) is 13.0 Å². The zero-order chi connectivity index (χ0) is 19.9. The molecule has 146 valence electrons. The number of carbonyl (C=O) groups excluding carboxylic acids is 1. The number of carbonyl (C=O) groups is 1. The molecule has 0 spiro atoms. The van der Waals surface area contributed by atoms with Crippen LogP contribution in [0.25, 0.3) is 10.9 Å². The van der Waals surface area contributed by atoms with E-state index in [-0.39, 0.29) is 5.82 Å². The maximum atomic E-state index is 13.5. The van der Waals surface area contributed by atoms with Crippen molar-refractivity contribution >= 4 is 22.8 Å². The molecule has 0 saturated heterocycles. The highest BCUT2D eigenvalue weighted by Crippen LogP contribution is 2.19. The maximum Gasteiger partial charge on any atom is 0.248 e. The number of halogens is 1. The second-order valence-corrected chi connectivity index (χ2v) is 6.44. The van der Waals surface area contributed by atoms with Gasteiger partial charge in [-0.1, -0.05) is 12.1 Å². The van der Waals surface area contributed by atoms with Crippen LogP contribution in [0.5, 0.6) is 0 Å². The summed E-state index contributed by atoms with van der Waals surface area (Å²) < 4.78 is 13.5. The van der Waals surface area contributed by atoms with Crippen LogP contribution in [-0.4, -0.2) is 29.9 Å². The number of aromatic amines is 1. The Morgan fingerprint density at radius 2 is 2.07 bits per heavy atom. The van der Waals surface area contributed by atoms with E-state index in [4.69, 9.17) is 5.73 Å². The molecule has 0 aliphatic heterocycles. The van der Waals surface area contributed by atoms with E-state index >= 15 is 0 Å². The Hall–Kier alpha value is -3.35. The standard InChI is InChI=1S/C21H24FN5O/c1-2-24-21(27-12-14-4-3-5-15(10-14)20(23)28)25-9-8-16-13-26-19-7-6-17(22)11-18(16)19/h3-7,10-11,13,26H,2,8-9,12H2,1H3,(H2,23,28)(H2,24,25,27). The van der Waals surface area contributed by atoms with Crippen molar-refractivity contribution in [2.45, 2.75) is 19.9 Å². The summed E-state index contributed by atoms with van der Waals surface area (Å²) in [6, 6.07) is 11.9. The predicted octanol–water partition coefficient (Wildman–Crippen LogP) is 2.70. The molecule has 0 bridgehead atoms. The zero-order valence-electron chi connectivity index (χ0n) is 15.8. The molecule has 0 aliphatic rings. The summed E-state index contributed by atoms with van der Waals surface area (Å²) >= 11 is 0. The van der Waals surface area contributed by atoms with Crippen LogP contribution < -0.4 is 16.4 Å². The van der Waals surface area contributed by atoms with Gasteiger partial charge in [0.2, 0.25) is 5.91 Å². The summed E-state index contributed by atoms with van der Waals surface area (Å²) in [5, 5.41) is 7.38. The van der Waals surface area contributed by atoms with Gasteiger partial charge in [0.25, 0.3) is 0 Å². The van der Waals surface area contributed by atoms with Gasteiger partial charge in [0.1, 0.15) is 5.82 Å². The van der Waals surface area contributed by atoms with Gasteiger partial charge in [-0.3, -0.25) is 4.79 Å². The topological polar surface area (TPSA) is 95.3 Å². The average Bonchev–Trinajstić information content (AvgIpc) is 3.08. The number of nitrogens with two attached hydrogens (primary N) is 1. The molecule has 1 aromatic heterocycles. The third-order valence-electron chi connectivity index (χ3n) is 4.39. The molecule has 0 aliphatic carbocycles. The number of amides is 1. The zero-order valence-corrected chi connectivity index (χ0v) is 15.8. The lowest BCUT2D eigenvalue weighted by Crippen LogP contribution is -2.38. The van der Waals surface area contributed by atoms with Crippen molar-refractivity contribution in [2.24, 2.45) is 10.7 Å². The minimum Gasteiger partial charge on any atom is -0.366 e. The molecule has 3 aromatic rings. The van der Waals surface area contributed by atoms with Crippen LogP contribution in [0.4, 0.5) is 4.39 Å². The van der Waals surface area contributed by atoms with Gasteiger partial charge in [0.05, 0.1) is 6.54 Å². The van der Waals surface area contributed by atoms with Crippen LogP contribution in [0.1, 0.15) is 28.4 Å². The van der Waals surface area contributed by atoms with Gasteiger partial charge in [-0.15, -0.1) is 0 Å². The van der Waals surface area contributed by atoms with E-state index in [9.17, 15) is 9.18 Å². The molecule has 0 saturated carbocycles. The van der Waals surface area contributed by atoms with Crippen LogP contribution in [0, 0.1) is 5.82 Å². The lowest BCUT2D eigenvalue weighted by molar-refractivity contribution is 0.1000. The fourth-order valence-electron chi connectivity index (χ4n) is 3.01. The molecule has 1 heterocycles. The van der Waals surface area contributed by atoms with Crippen molar-refractivity contribution in [3.63, 3.8) is 0 Å². The van der Waals surface area contributed by atoms with E-state index in [0.717, 1.165) is 35.0 Å². The largest absolute Gasteiger partial charge is 0.366 e. The van der Waals surface area contributed by atoms with E-state index in [2.05, 4.69) is 20.6 Å². The van der Waals surface area contributed by atoms with E-state index in [1.54, 1.807) is 30.3 Å². The molecule has 6 nitrogen and oxygen atoms in total. The first-order valence-corrected chi connectivity index (χ1v) is 9.23. The first-order valence-electron chi connectivity index (χ1n) is 9.23. The summed E-state index contributed by atoms with van der Waals surface area (Å²) in [6.07, 6.45) is 2.64. The summed E-state index contributed by atoms with van der Waals surface area (Å²) in [4.78, 5) is 19.0. The summed E-state index contributed by atoms with van der Waals surface area (Å²) in [5.74, 6) is -0.0153. The van der Waals surface area contributed by atoms with Crippen molar-refractivity contribution < 1.29 is 9.18 Å². The number of fused-ring (bicyclic) bond motifs is 1. The fourth-order valence-corrected chi connectivity index (χ4v) is 3.01. The van der Waals surface area contributed by atoms with Gasteiger partial charge in [-0.05, 0) is 54.8 Å². The van der Waals surface area contributed by atoms with E-state index in [1.807, 2.05) is 19.2 Å². The lowest BCUT2D eigenvalue weighted by atomic mass is 10.1. The number of benzene rings is 2. The fraction of sp³-hybridized carbons (Fsp3) is 0.238. The monoisotopic (exact) mass is 381 g/mol. The van der Waals surface area contributed by atoms with Crippen molar-refractivity contribution in [1.29, 1.82) is 0 Å². The number of primary amides is 1. The van der Waals surface area contributed by atoms with Crippen LogP contribution in [0.2, 0.25) is 0 Å². The number of aliphatic imine (C=N–C) groups is 1.